The van der Waals surface area contributed by atoms with Gasteiger partial charge in [-0.25, -0.2) is 4.68 Å². The summed E-state index contributed by atoms with van der Waals surface area (Å²) < 4.78 is 13.5. The van der Waals surface area contributed by atoms with Crippen LogP contribution in [0.3, 0.4) is 0 Å². The molecule has 1 saturated heterocycles. The van der Waals surface area contributed by atoms with E-state index in [0.717, 1.165) is 61.6 Å². The van der Waals surface area contributed by atoms with Crippen molar-refractivity contribution in [2.75, 3.05) is 33.0 Å². The molecule has 0 bridgehead atoms. The summed E-state index contributed by atoms with van der Waals surface area (Å²) in [6.45, 7) is 6.72. The quantitative estimate of drug-likeness (QED) is 0.524. The fraction of sp³-hybridized carbons (Fsp3) is 0.368. The predicted molar refractivity (Wildman–Crippen MR) is 108 cm³/mol. The zero-order valence-corrected chi connectivity index (χ0v) is 17.1. The lowest BCUT2D eigenvalue weighted by molar-refractivity contribution is -1.03. The van der Waals surface area contributed by atoms with Gasteiger partial charge < -0.3 is 19.3 Å². The lowest BCUT2D eigenvalue weighted by Gasteiger charge is -2.29. The molecule has 0 atom stereocenters. The fourth-order valence-corrected chi connectivity index (χ4v) is 4.71. The van der Waals surface area contributed by atoms with E-state index < -0.39 is 0 Å². The molecule has 0 aliphatic carbocycles. The number of ether oxygens (including phenoxy) is 2. The minimum atomic E-state index is 0.331. The number of fused-ring (bicyclic) bond motifs is 1. The number of benzene rings is 1. The third-order valence-corrected chi connectivity index (χ3v) is 6.56. The van der Waals surface area contributed by atoms with Crippen LogP contribution < -0.4 is 19.3 Å². The summed E-state index contributed by atoms with van der Waals surface area (Å²) >= 11 is 7.12. The highest BCUT2D eigenvalue weighted by molar-refractivity contribution is 7.71. The van der Waals surface area contributed by atoms with Crippen LogP contribution in [0.1, 0.15) is 5.56 Å². The van der Waals surface area contributed by atoms with Gasteiger partial charge in [-0.2, -0.15) is 4.98 Å². The molecule has 4 heterocycles. The summed E-state index contributed by atoms with van der Waals surface area (Å²) in [4.78, 5) is 8.77. The van der Waals surface area contributed by atoms with Crippen molar-refractivity contribution in [1.29, 1.82) is 0 Å². The van der Waals surface area contributed by atoms with Gasteiger partial charge in [0.2, 0.25) is 11.6 Å². The number of nitrogens with zero attached hydrogens (tertiary/aromatic N) is 2. The van der Waals surface area contributed by atoms with Gasteiger partial charge >= 0.3 is 0 Å². The first-order chi connectivity index (χ1) is 13.7. The van der Waals surface area contributed by atoms with E-state index in [-0.39, 0.29) is 0 Å². The molecule has 0 amide bonds. The third kappa shape index (κ3) is 3.70. The Labute approximate surface area is 172 Å². The Morgan fingerprint density at radius 1 is 1.11 bits per heavy atom. The van der Waals surface area contributed by atoms with Crippen molar-refractivity contribution in [2.45, 2.75) is 13.2 Å². The van der Waals surface area contributed by atoms with E-state index >= 15 is 0 Å². The summed E-state index contributed by atoms with van der Waals surface area (Å²) in [7, 11) is 0. The molecule has 2 aliphatic rings. The standard InChI is InChI=1S/C19H21N5O2S2/c27-19-20-18(17-2-1-9-28-17)21-24(19)12-23-7-5-22(6-8-23)11-14-3-4-15-16(10-14)26-13-25-15/h1-4,9-10H,5-8,11-13H2,(H,20,21,27)/p+2. The lowest BCUT2D eigenvalue weighted by atomic mass is 10.1. The number of aromatic nitrogens is 3. The van der Waals surface area contributed by atoms with Gasteiger partial charge in [0.25, 0.3) is 0 Å². The molecule has 146 valence electrons. The van der Waals surface area contributed by atoms with Crippen molar-refractivity contribution >= 4 is 23.6 Å². The topological polar surface area (TPSA) is 61.0 Å². The molecule has 0 radical (unpaired) electrons. The molecule has 1 fully saturated rings. The summed E-state index contributed by atoms with van der Waals surface area (Å²) in [5.74, 6) is 2.59. The van der Waals surface area contributed by atoms with Crippen molar-refractivity contribution in [1.82, 2.24) is 14.8 Å². The smallest absolute Gasteiger partial charge is 0.231 e. The van der Waals surface area contributed by atoms with Gasteiger partial charge in [-0.15, -0.1) is 11.3 Å². The normalized spacial score (nSPS) is 21.1. The SMILES string of the molecule is S=c1nc(-c2cccs2)[nH]n1C[NH+]1CC[NH+](Cc2ccc3c(c2)OCO3)CC1. The van der Waals surface area contributed by atoms with E-state index in [1.165, 1.54) is 10.5 Å². The van der Waals surface area contributed by atoms with E-state index in [1.807, 2.05) is 16.8 Å². The number of H-pyrrole nitrogens is 1. The highest BCUT2D eigenvalue weighted by atomic mass is 32.1. The first-order valence-electron chi connectivity index (χ1n) is 9.51. The number of aromatic amines is 1. The average Bonchev–Trinajstić information content (AvgIpc) is 3.45. The van der Waals surface area contributed by atoms with Crippen LogP contribution >= 0.6 is 23.6 Å². The summed E-state index contributed by atoms with van der Waals surface area (Å²) in [6, 6.07) is 10.4. The Balaban J connectivity index is 1.17. The second-order valence-electron chi connectivity index (χ2n) is 7.28. The number of nitrogens with one attached hydrogen (secondary N) is 3. The Morgan fingerprint density at radius 3 is 2.75 bits per heavy atom. The molecule has 0 spiro atoms. The van der Waals surface area contributed by atoms with Crippen LogP contribution in [-0.4, -0.2) is 47.7 Å². The highest BCUT2D eigenvalue weighted by Crippen LogP contribution is 2.32. The van der Waals surface area contributed by atoms with Crippen molar-refractivity contribution in [3.05, 3.63) is 46.0 Å². The number of piperazine rings is 1. The first kappa shape index (κ1) is 17.9. The van der Waals surface area contributed by atoms with Gasteiger partial charge in [-0.05, 0) is 41.9 Å². The highest BCUT2D eigenvalue weighted by Gasteiger charge is 2.24. The molecule has 7 nitrogen and oxygen atoms in total. The number of hydrogen-bond acceptors (Lipinski definition) is 5. The van der Waals surface area contributed by atoms with Crippen LogP contribution in [0.5, 0.6) is 11.5 Å². The van der Waals surface area contributed by atoms with Gasteiger partial charge in [0.15, 0.2) is 24.0 Å². The molecule has 2 aromatic heterocycles. The predicted octanol–water partition coefficient (Wildman–Crippen LogP) is 0.339. The van der Waals surface area contributed by atoms with Crippen LogP contribution in [0.25, 0.3) is 10.7 Å². The van der Waals surface area contributed by atoms with Crippen LogP contribution in [0.4, 0.5) is 0 Å². The summed E-state index contributed by atoms with van der Waals surface area (Å²) in [6.07, 6.45) is 0. The molecule has 1 aromatic carbocycles. The van der Waals surface area contributed by atoms with E-state index in [1.54, 1.807) is 16.2 Å². The third-order valence-electron chi connectivity index (χ3n) is 5.37. The van der Waals surface area contributed by atoms with E-state index in [4.69, 9.17) is 21.7 Å². The van der Waals surface area contributed by atoms with Gasteiger partial charge in [-0.3, -0.25) is 5.10 Å². The minimum Gasteiger partial charge on any atom is -0.454 e. The maximum atomic E-state index is 5.49. The maximum absolute atomic E-state index is 5.49. The van der Waals surface area contributed by atoms with E-state index in [9.17, 15) is 0 Å². The second kappa shape index (κ2) is 7.67. The lowest BCUT2D eigenvalue weighted by Crippen LogP contribution is -3.27. The maximum Gasteiger partial charge on any atom is 0.231 e. The minimum absolute atomic E-state index is 0.331. The molecule has 3 aromatic rings. The average molecular weight is 418 g/mol. The number of quaternary nitrogens is 2. The van der Waals surface area contributed by atoms with Gasteiger partial charge in [0, 0.05) is 5.56 Å². The molecule has 3 N–H and O–H groups in total. The number of hydrogen-bond donors (Lipinski definition) is 3. The van der Waals surface area contributed by atoms with Crippen molar-refractivity contribution < 1.29 is 19.3 Å². The van der Waals surface area contributed by atoms with Crippen molar-refractivity contribution in [3.8, 4) is 22.2 Å². The molecule has 28 heavy (non-hydrogen) atoms. The molecule has 0 saturated carbocycles. The van der Waals surface area contributed by atoms with Gasteiger partial charge in [-0.1, -0.05) is 6.07 Å². The molecule has 0 unspecified atom stereocenters. The largest absolute Gasteiger partial charge is 0.454 e. The van der Waals surface area contributed by atoms with Crippen LogP contribution in [-0.2, 0) is 13.2 Å². The van der Waals surface area contributed by atoms with E-state index in [2.05, 4.69) is 33.7 Å². The molecule has 2 aliphatic heterocycles. The van der Waals surface area contributed by atoms with E-state index in [0.29, 0.717) is 11.6 Å². The zero-order chi connectivity index (χ0) is 18.9. The summed E-state index contributed by atoms with van der Waals surface area (Å²) in [5, 5.41) is 5.42. The van der Waals surface area contributed by atoms with Crippen molar-refractivity contribution in [2.24, 2.45) is 0 Å². The summed E-state index contributed by atoms with van der Waals surface area (Å²) in [5.41, 5.74) is 1.30. The van der Waals surface area contributed by atoms with Crippen LogP contribution in [0.15, 0.2) is 35.7 Å². The second-order valence-corrected chi connectivity index (χ2v) is 8.60. The molecular formula is C19H23N5O2S2+2. The molecule has 9 heteroatoms. The number of rotatable bonds is 5. The monoisotopic (exact) mass is 417 g/mol. The fourth-order valence-electron chi connectivity index (χ4n) is 3.84. The first-order valence-corrected chi connectivity index (χ1v) is 10.8. The van der Waals surface area contributed by atoms with Crippen LogP contribution in [0.2, 0.25) is 0 Å². The van der Waals surface area contributed by atoms with Gasteiger partial charge in [0.05, 0.1) is 4.88 Å². The number of thiophene rings is 1. The zero-order valence-electron chi connectivity index (χ0n) is 15.4. The Kier molecular flexibility index (Phi) is 4.89. The molecular weight excluding hydrogens is 394 g/mol. The van der Waals surface area contributed by atoms with Crippen LogP contribution in [0, 0.1) is 4.77 Å². The molecule has 5 rings (SSSR count). The van der Waals surface area contributed by atoms with Crippen molar-refractivity contribution in [3.63, 3.8) is 0 Å². The Hall–Kier alpha value is -2.20. The van der Waals surface area contributed by atoms with Gasteiger partial charge in [0.1, 0.15) is 32.7 Å². The Morgan fingerprint density at radius 2 is 1.93 bits per heavy atom. The Bertz CT molecular complexity index is 1010.